The van der Waals surface area contributed by atoms with E-state index in [9.17, 15) is 4.79 Å². The average molecular weight is 422 g/mol. The second-order valence-electron chi connectivity index (χ2n) is 7.84. The van der Waals surface area contributed by atoms with Gasteiger partial charge in [-0.05, 0) is 46.8 Å². The Balaban J connectivity index is 1.68. The maximum absolute atomic E-state index is 13.2. The standard InChI is InChI=1S/C22H27N7O2/c1-6-28-12-24-27-20(28)7-8-23-22(30)17-10-19(16-9-14(4)31-15(16)5)26-21-18(17)11-25-29(21)13(2)3/h9-13H,6-8H2,1-5H3,(H,23,30). The first-order valence-electron chi connectivity index (χ1n) is 10.5. The van der Waals surface area contributed by atoms with Crippen LogP contribution in [-0.2, 0) is 13.0 Å². The monoisotopic (exact) mass is 421 g/mol. The highest BCUT2D eigenvalue weighted by molar-refractivity contribution is 6.06. The van der Waals surface area contributed by atoms with Crippen molar-refractivity contribution in [3.63, 3.8) is 0 Å². The number of hydrogen-bond donors (Lipinski definition) is 1. The fourth-order valence-electron chi connectivity index (χ4n) is 3.73. The van der Waals surface area contributed by atoms with Gasteiger partial charge in [0.1, 0.15) is 23.7 Å². The predicted octanol–water partition coefficient (Wildman–Crippen LogP) is 3.47. The molecule has 0 aliphatic rings. The van der Waals surface area contributed by atoms with Gasteiger partial charge in [0, 0.05) is 31.1 Å². The summed E-state index contributed by atoms with van der Waals surface area (Å²) in [7, 11) is 0. The van der Waals surface area contributed by atoms with E-state index in [-0.39, 0.29) is 11.9 Å². The molecule has 0 bridgehead atoms. The van der Waals surface area contributed by atoms with E-state index in [0.29, 0.717) is 29.9 Å². The van der Waals surface area contributed by atoms with Gasteiger partial charge in [0.05, 0.1) is 22.8 Å². The molecule has 4 aromatic heterocycles. The van der Waals surface area contributed by atoms with Crippen molar-refractivity contribution in [1.29, 1.82) is 0 Å². The lowest BCUT2D eigenvalue weighted by Crippen LogP contribution is -2.27. The van der Waals surface area contributed by atoms with E-state index in [2.05, 4.69) is 20.6 Å². The Hall–Kier alpha value is -3.49. The summed E-state index contributed by atoms with van der Waals surface area (Å²) in [6.45, 7) is 11.2. The Morgan fingerprint density at radius 1 is 1.26 bits per heavy atom. The van der Waals surface area contributed by atoms with Crippen LogP contribution in [0.15, 0.2) is 29.1 Å². The summed E-state index contributed by atoms with van der Waals surface area (Å²) < 4.78 is 9.49. The third-order valence-corrected chi connectivity index (χ3v) is 5.29. The number of amides is 1. The summed E-state index contributed by atoms with van der Waals surface area (Å²) in [6, 6.07) is 3.87. The second-order valence-corrected chi connectivity index (χ2v) is 7.84. The molecule has 0 aliphatic carbocycles. The number of pyridine rings is 1. The fraction of sp³-hybridized carbons (Fsp3) is 0.409. The van der Waals surface area contributed by atoms with E-state index in [0.717, 1.165) is 34.8 Å². The van der Waals surface area contributed by atoms with Crippen molar-refractivity contribution in [3.05, 3.63) is 47.6 Å². The number of rotatable bonds is 7. The summed E-state index contributed by atoms with van der Waals surface area (Å²) in [5.74, 6) is 2.25. The number of carbonyl (C=O) groups excluding carboxylic acids is 1. The summed E-state index contributed by atoms with van der Waals surface area (Å²) in [6.07, 6.45) is 4.01. The number of hydrogen-bond acceptors (Lipinski definition) is 6. The molecule has 1 N–H and O–H groups in total. The Kier molecular flexibility index (Phi) is 5.58. The minimum Gasteiger partial charge on any atom is -0.466 e. The third kappa shape index (κ3) is 3.95. The largest absolute Gasteiger partial charge is 0.466 e. The second kappa shape index (κ2) is 8.33. The number of nitrogens with one attached hydrogen (secondary N) is 1. The van der Waals surface area contributed by atoms with Crippen molar-refractivity contribution < 1.29 is 9.21 Å². The highest BCUT2D eigenvalue weighted by Gasteiger charge is 2.20. The highest BCUT2D eigenvalue weighted by atomic mass is 16.3. The molecule has 0 aromatic carbocycles. The number of furan rings is 1. The van der Waals surface area contributed by atoms with Crippen LogP contribution in [0.5, 0.6) is 0 Å². The van der Waals surface area contributed by atoms with Gasteiger partial charge < -0.3 is 14.3 Å². The summed E-state index contributed by atoms with van der Waals surface area (Å²) in [5.41, 5.74) is 2.80. The Bertz CT molecular complexity index is 1230. The zero-order chi connectivity index (χ0) is 22.1. The van der Waals surface area contributed by atoms with Crippen LogP contribution in [0.2, 0.25) is 0 Å². The summed E-state index contributed by atoms with van der Waals surface area (Å²) >= 11 is 0. The molecule has 4 heterocycles. The van der Waals surface area contributed by atoms with Gasteiger partial charge in [-0.25, -0.2) is 9.67 Å². The van der Waals surface area contributed by atoms with E-state index < -0.39 is 0 Å². The molecule has 0 saturated heterocycles. The highest BCUT2D eigenvalue weighted by Crippen LogP contribution is 2.30. The third-order valence-electron chi connectivity index (χ3n) is 5.29. The van der Waals surface area contributed by atoms with E-state index in [1.54, 1.807) is 12.5 Å². The molecular weight excluding hydrogens is 394 g/mol. The minimum absolute atomic E-state index is 0.115. The minimum atomic E-state index is -0.169. The molecular formula is C22H27N7O2. The number of carbonyl (C=O) groups is 1. The fourth-order valence-corrected chi connectivity index (χ4v) is 3.73. The van der Waals surface area contributed by atoms with Crippen LogP contribution in [0.1, 0.15) is 54.5 Å². The Morgan fingerprint density at radius 3 is 2.74 bits per heavy atom. The SMILES string of the molecule is CCn1cnnc1CCNC(=O)c1cc(-c2cc(C)oc2C)nc2c1cnn2C(C)C. The van der Waals surface area contributed by atoms with Gasteiger partial charge in [0.25, 0.3) is 5.91 Å². The smallest absolute Gasteiger partial charge is 0.252 e. The van der Waals surface area contributed by atoms with Crippen molar-refractivity contribution in [3.8, 4) is 11.3 Å². The number of nitrogens with zero attached hydrogens (tertiary/aromatic N) is 6. The van der Waals surface area contributed by atoms with E-state index in [1.807, 2.05) is 56.0 Å². The first-order valence-corrected chi connectivity index (χ1v) is 10.5. The van der Waals surface area contributed by atoms with Crippen molar-refractivity contribution in [2.24, 2.45) is 0 Å². The molecule has 0 atom stereocenters. The molecule has 0 spiro atoms. The molecule has 31 heavy (non-hydrogen) atoms. The zero-order valence-electron chi connectivity index (χ0n) is 18.5. The Morgan fingerprint density at radius 2 is 2.06 bits per heavy atom. The number of aromatic nitrogens is 6. The first-order chi connectivity index (χ1) is 14.9. The lowest BCUT2D eigenvalue weighted by Gasteiger charge is -2.11. The number of aryl methyl sites for hydroxylation is 3. The average Bonchev–Trinajstić information content (AvgIpc) is 3.44. The molecule has 0 unspecified atom stereocenters. The van der Waals surface area contributed by atoms with Crippen molar-refractivity contribution >= 4 is 16.9 Å². The van der Waals surface area contributed by atoms with Crippen LogP contribution in [0, 0.1) is 13.8 Å². The molecule has 4 aromatic rings. The molecule has 0 aliphatic heterocycles. The molecule has 4 rings (SSSR count). The number of fused-ring (bicyclic) bond motifs is 1. The topological polar surface area (TPSA) is 104 Å². The predicted molar refractivity (Wildman–Crippen MR) is 117 cm³/mol. The lowest BCUT2D eigenvalue weighted by atomic mass is 10.1. The Labute approximate surface area is 180 Å². The van der Waals surface area contributed by atoms with E-state index in [1.165, 1.54) is 0 Å². The molecule has 162 valence electrons. The molecule has 1 amide bonds. The van der Waals surface area contributed by atoms with Gasteiger partial charge in [-0.3, -0.25) is 4.79 Å². The molecule has 0 radical (unpaired) electrons. The molecule has 9 nitrogen and oxygen atoms in total. The molecule has 0 saturated carbocycles. The normalized spacial score (nSPS) is 11.5. The first kappa shape index (κ1) is 20.8. The molecule has 9 heteroatoms. The summed E-state index contributed by atoms with van der Waals surface area (Å²) in [5, 5.41) is 16.3. The molecule has 0 fully saturated rings. The maximum atomic E-state index is 13.2. The quantitative estimate of drug-likeness (QED) is 0.490. The van der Waals surface area contributed by atoms with Gasteiger partial charge in [-0.1, -0.05) is 0 Å². The van der Waals surface area contributed by atoms with Gasteiger partial charge in [-0.2, -0.15) is 5.10 Å². The van der Waals surface area contributed by atoms with E-state index in [4.69, 9.17) is 9.40 Å². The van der Waals surface area contributed by atoms with Crippen molar-refractivity contribution in [2.75, 3.05) is 6.54 Å². The van der Waals surface area contributed by atoms with E-state index >= 15 is 0 Å². The van der Waals surface area contributed by atoms with Crippen LogP contribution in [0.4, 0.5) is 0 Å². The van der Waals surface area contributed by atoms with Gasteiger partial charge in [0.15, 0.2) is 5.65 Å². The van der Waals surface area contributed by atoms with Crippen LogP contribution in [-0.4, -0.2) is 42.0 Å². The van der Waals surface area contributed by atoms with Gasteiger partial charge in [0.2, 0.25) is 0 Å². The van der Waals surface area contributed by atoms with Crippen molar-refractivity contribution in [2.45, 2.75) is 53.6 Å². The van der Waals surface area contributed by atoms with Crippen LogP contribution >= 0.6 is 0 Å². The van der Waals surface area contributed by atoms with Gasteiger partial charge >= 0.3 is 0 Å². The van der Waals surface area contributed by atoms with Gasteiger partial charge in [-0.15, -0.1) is 10.2 Å². The van der Waals surface area contributed by atoms with Crippen LogP contribution in [0.25, 0.3) is 22.3 Å². The van der Waals surface area contributed by atoms with Crippen LogP contribution < -0.4 is 5.32 Å². The van der Waals surface area contributed by atoms with Crippen LogP contribution in [0.3, 0.4) is 0 Å². The zero-order valence-corrected chi connectivity index (χ0v) is 18.5. The van der Waals surface area contributed by atoms with Crippen molar-refractivity contribution in [1.82, 2.24) is 34.8 Å². The maximum Gasteiger partial charge on any atom is 0.252 e. The summed E-state index contributed by atoms with van der Waals surface area (Å²) in [4.78, 5) is 18.0. The lowest BCUT2D eigenvalue weighted by molar-refractivity contribution is 0.0955.